The predicted octanol–water partition coefficient (Wildman–Crippen LogP) is 1.13. The summed E-state index contributed by atoms with van der Waals surface area (Å²) < 4.78 is 5.28. The molecular weight excluding hydrogens is 230 g/mol. The van der Waals surface area contributed by atoms with Gasteiger partial charge in [0.05, 0.1) is 0 Å². The van der Waals surface area contributed by atoms with Gasteiger partial charge in [0.25, 0.3) is 0 Å². The Morgan fingerprint density at radius 2 is 1.89 bits per heavy atom. The summed E-state index contributed by atoms with van der Waals surface area (Å²) in [6, 6.07) is 0.278. The van der Waals surface area contributed by atoms with E-state index in [1.165, 1.54) is 19.3 Å². The minimum absolute atomic E-state index is 0.0711. The summed E-state index contributed by atoms with van der Waals surface area (Å²) in [4.78, 5) is 11.8. The monoisotopic (exact) mass is 255 g/mol. The third kappa shape index (κ3) is 4.14. The fraction of sp³-hybridized carbons (Fsp3) is 0.923. The van der Waals surface area contributed by atoms with Gasteiger partial charge < -0.3 is 21.1 Å². The van der Waals surface area contributed by atoms with Crippen LogP contribution >= 0.6 is 0 Å². The van der Waals surface area contributed by atoms with E-state index in [9.17, 15) is 4.79 Å². The Morgan fingerprint density at radius 3 is 2.56 bits per heavy atom. The number of carbonyl (C=O) groups excluding carboxylic acids is 1. The molecule has 1 heterocycles. The Hall–Kier alpha value is -0.810. The summed E-state index contributed by atoms with van der Waals surface area (Å²) >= 11 is 0. The van der Waals surface area contributed by atoms with Gasteiger partial charge in [0.2, 0.25) is 0 Å². The van der Waals surface area contributed by atoms with Crippen molar-refractivity contribution in [2.24, 2.45) is 5.73 Å². The van der Waals surface area contributed by atoms with E-state index in [1.807, 2.05) is 0 Å². The molecular formula is C13H25N3O2. The SMILES string of the molecule is NC1(CNC(=O)NC2CCCCC2)CCOCC1. The molecule has 1 saturated carbocycles. The summed E-state index contributed by atoms with van der Waals surface area (Å²) in [5.74, 6) is 0. The lowest BCUT2D eigenvalue weighted by atomic mass is 9.91. The normalized spacial score (nSPS) is 24.5. The molecule has 2 aliphatic rings. The number of amides is 2. The zero-order valence-electron chi connectivity index (χ0n) is 11.0. The second kappa shape index (κ2) is 6.38. The summed E-state index contributed by atoms with van der Waals surface area (Å²) in [7, 11) is 0. The van der Waals surface area contributed by atoms with Crippen LogP contribution in [0.2, 0.25) is 0 Å². The van der Waals surface area contributed by atoms with Gasteiger partial charge in [0.1, 0.15) is 0 Å². The zero-order chi connectivity index (χ0) is 12.8. The lowest BCUT2D eigenvalue weighted by Gasteiger charge is -2.33. The average Bonchev–Trinajstić information content (AvgIpc) is 2.39. The maximum Gasteiger partial charge on any atom is 0.315 e. The van der Waals surface area contributed by atoms with E-state index >= 15 is 0 Å². The highest BCUT2D eigenvalue weighted by Crippen LogP contribution is 2.18. The molecule has 0 aromatic carbocycles. The molecule has 1 aliphatic heterocycles. The molecule has 0 bridgehead atoms. The smallest absolute Gasteiger partial charge is 0.315 e. The Bertz CT molecular complexity index is 271. The summed E-state index contributed by atoms with van der Waals surface area (Å²) in [5.41, 5.74) is 5.93. The third-order valence-electron chi connectivity index (χ3n) is 4.03. The maximum atomic E-state index is 11.8. The first kappa shape index (κ1) is 13.6. The molecule has 2 fully saturated rings. The first-order valence-electron chi connectivity index (χ1n) is 7.09. The fourth-order valence-electron chi connectivity index (χ4n) is 2.69. The summed E-state index contributed by atoms with van der Waals surface area (Å²) in [5, 5.41) is 5.95. The molecule has 0 unspecified atom stereocenters. The van der Waals surface area contributed by atoms with E-state index in [0.717, 1.165) is 25.7 Å². The van der Waals surface area contributed by atoms with Crippen LogP contribution in [0.1, 0.15) is 44.9 Å². The van der Waals surface area contributed by atoms with Gasteiger partial charge in [0.15, 0.2) is 0 Å². The lowest BCUT2D eigenvalue weighted by molar-refractivity contribution is 0.0539. The quantitative estimate of drug-likeness (QED) is 0.707. The lowest BCUT2D eigenvalue weighted by Crippen LogP contribution is -2.55. The highest BCUT2D eigenvalue weighted by molar-refractivity contribution is 5.74. The van der Waals surface area contributed by atoms with Crippen LogP contribution in [0.4, 0.5) is 4.79 Å². The predicted molar refractivity (Wildman–Crippen MR) is 70.4 cm³/mol. The number of nitrogens with one attached hydrogen (secondary N) is 2. The van der Waals surface area contributed by atoms with Crippen molar-refractivity contribution < 1.29 is 9.53 Å². The molecule has 18 heavy (non-hydrogen) atoms. The van der Waals surface area contributed by atoms with E-state index in [-0.39, 0.29) is 11.6 Å². The Morgan fingerprint density at radius 1 is 1.22 bits per heavy atom. The zero-order valence-corrected chi connectivity index (χ0v) is 11.0. The van der Waals surface area contributed by atoms with Gasteiger partial charge in [-0.15, -0.1) is 0 Å². The van der Waals surface area contributed by atoms with E-state index in [1.54, 1.807) is 0 Å². The van der Waals surface area contributed by atoms with Crippen LogP contribution < -0.4 is 16.4 Å². The summed E-state index contributed by atoms with van der Waals surface area (Å²) in [6.45, 7) is 1.93. The van der Waals surface area contributed by atoms with E-state index in [0.29, 0.717) is 25.8 Å². The molecule has 0 spiro atoms. The molecule has 104 valence electrons. The van der Waals surface area contributed by atoms with Gasteiger partial charge in [-0.2, -0.15) is 0 Å². The molecule has 5 nitrogen and oxygen atoms in total. The topological polar surface area (TPSA) is 76.4 Å². The number of urea groups is 1. The van der Waals surface area contributed by atoms with Gasteiger partial charge in [-0.05, 0) is 25.7 Å². The van der Waals surface area contributed by atoms with Crippen molar-refractivity contribution in [3.63, 3.8) is 0 Å². The number of ether oxygens (including phenoxy) is 1. The molecule has 0 radical (unpaired) electrons. The molecule has 1 saturated heterocycles. The van der Waals surface area contributed by atoms with Crippen LogP contribution in [0.5, 0.6) is 0 Å². The Kier molecular flexibility index (Phi) is 4.83. The molecule has 2 amide bonds. The van der Waals surface area contributed by atoms with Crippen molar-refractivity contribution >= 4 is 6.03 Å². The number of rotatable bonds is 3. The third-order valence-corrected chi connectivity index (χ3v) is 4.03. The van der Waals surface area contributed by atoms with Crippen LogP contribution in [-0.2, 0) is 4.74 Å². The van der Waals surface area contributed by atoms with Crippen molar-refractivity contribution in [1.82, 2.24) is 10.6 Å². The largest absolute Gasteiger partial charge is 0.381 e. The number of carbonyl (C=O) groups is 1. The van der Waals surface area contributed by atoms with Crippen molar-refractivity contribution in [3.8, 4) is 0 Å². The summed E-state index contributed by atoms with van der Waals surface area (Å²) in [6.07, 6.45) is 7.59. The molecule has 2 rings (SSSR count). The van der Waals surface area contributed by atoms with Crippen LogP contribution in [0.3, 0.4) is 0 Å². The van der Waals surface area contributed by atoms with Gasteiger partial charge in [0, 0.05) is 31.3 Å². The first-order chi connectivity index (χ1) is 8.68. The van der Waals surface area contributed by atoms with Crippen molar-refractivity contribution in [1.29, 1.82) is 0 Å². The number of nitrogens with two attached hydrogens (primary N) is 1. The highest BCUT2D eigenvalue weighted by Gasteiger charge is 2.28. The fourth-order valence-corrected chi connectivity index (χ4v) is 2.69. The Balaban J connectivity index is 1.67. The van der Waals surface area contributed by atoms with E-state index < -0.39 is 0 Å². The van der Waals surface area contributed by atoms with Crippen LogP contribution in [0.15, 0.2) is 0 Å². The second-order valence-electron chi connectivity index (χ2n) is 5.64. The number of hydrogen-bond acceptors (Lipinski definition) is 3. The van der Waals surface area contributed by atoms with Gasteiger partial charge in [-0.1, -0.05) is 19.3 Å². The van der Waals surface area contributed by atoms with Gasteiger partial charge >= 0.3 is 6.03 Å². The maximum absolute atomic E-state index is 11.8. The van der Waals surface area contributed by atoms with Crippen LogP contribution in [0.25, 0.3) is 0 Å². The molecule has 1 aliphatic carbocycles. The highest BCUT2D eigenvalue weighted by atomic mass is 16.5. The standard InChI is InChI=1S/C13H25N3O2/c14-13(6-8-18-9-7-13)10-15-12(17)16-11-4-2-1-3-5-11/h11H,1-10,14H2,(H2,15,16,17). The second-order valence-corrected chi connectivity index (χ2v) is 5.64. The minimum atomic E-state index is -0.290. The van der Waals surface area contributed by atoms with Crippen molar-refractivity contribution in [2.45, 2.75) is 56.5 Å². The molecule has 0 aromatic heterocycles. The minimum Gasteiger partial charge on any atom is -0.381 e. The number of hydrogen-bond donors (Lipinski definition) is 3. The van der Waals surface area contributed by atoms with Gasteiger partial charge in [-0.25, -0.2) is 4.79 Å². The first-order valence-corrected chi connectivity index (χ1v) is 7.09. The van der Waals surface area contributed by atoms with Crippen LogP contribution in [0, 0.1) is 0 Å². The molecule has 0 atom stereocenters. The van der Waals surface area contributed by atoms with E-state index in [4.69, 9.17) is 10.5 Å². The van der Waals surface area contributed by atoms with Crippen molar-refractivity contribution in [2.75, 3.05) is 19.8 Å². The molecule has 5 heteroatoms. The molecule has 0 aromatic rings. The van der Waals surface area contributed by atoms with Crippen molar-refractivity contribution in [3.05, 3.63) is 0 Å². The van der Waals surface area contributed by atoms with E-state index in [2.05, 4.69) is 10.6 Å². The average molecular weight is 255 g/mol. The van der Waals surface area contributed by atoms with Gasteiger partial charge in [-0.3, -0.25) is 0 Å². The Labute approximate surface area is 109 Å². The molecule has 4 N–H and O–H groups in total. The van der Waals surface area contributed by atoms with Crippen LogP contribution in [-0.4, -0.2) is 37.4 Å².